The first-order valence-corrected chi connectivity index (χ1v) is 12.6. The molecule has 1 aromatic carbocycles. The molecule has 2 atom stereocenters. The van der Waals surface area contributed by atoms with Crippen molar-refractivity contribution in [2.75, 3.05) is 19.6 Å². The Hall–Kier alpha value is -2.46. The van der Waals surface area contributed by atoms with Gasteiger partial charge in [0.2, 0.25) is 27.7 Å². The van der Waals surface area contributed by atoms with Crippen LogP contribution in [-0.4, -0.2) is 67.1 Å². The monoisotopic (exact) mass is 464 g/mol. The molecule has 0 bridgehead atoms. The second kappa shape index (κ2) is 10.4. The summed E-state index contributed by atoms with van der Waals surface area (Å²) < 4.78 is 27.7. The van der Waals surface area contributed by atoms with Crippen LogP contribution in [0, 0.1) is 5.92 Å². The van der Waals surface area contributed by atoms with Gasteiger partial charge >= 0.3 is 0 Å². The lowest BCUT2D eigenvalue weighted by Gasteiger charge is -2.39. The number of piperazine rings is 1. The van der Waals surface area contributed by atoms with Gasteiger partial charge in [0.15, 0.2) is 0 Å². The smallest absolute Gasteiger partial charge is 0.243 e. The van der Waals surface area contributed by atoms with Crippen LogP contribution in [0.5, 0.6) is 0 Å². The summed E-state index contributed by atoms with van der Waals surface area (Å²) in [6, 6.07) is 5.85. The van der Waals surface area contributed by atoms with Gasteiger partial charge in [0.05, 0.1) is 4.90 Å². The minimum absolute atomic E-state index is 0.0151. The van der Waals surface area contributed by atoms with Crippen LogP contribution in [0.15, 0.2) is 35.2 Å². The first-order chi connectivity index (χ1) is 15.2. The largest absolute Gasteiger partial charge is 0.368 e. The fourth-order valence-electron chi connectivity index (χ4n) is 4.55. The molecule has 10 heteroatoms. The standard InChI is InChI=1S/C22H32N4O5S/c1-16(27)25-12-13-26(32(30,31)18-10-6-3-7-11-18)20(15-25)22(29)24-19(21(23)28)14-17-8-4-2-5-9-17/h3,6-7,10-11,17,19-20H,2,4-5,8-9,12-15H2,1H3,(H2,23,28)(H,24,29)/t19-,20-/m0/s1. The Morgan fingerprint density at radius 3 is 2.34 bits per heavy atom. The van der Waals surface area contributed by atoms with Gasteiger partial charge in [-0.25, -0.2) is 8.42 Å². The van der Waals surface area contributed by atoms with E-state index in [1.54, 1.807) is 18.2 Å². The van der Waals surface area contributed by atoms with Crippen LogP contribution in [0.1, 0.15) is 45.4 Å². The number of nitrogens with two attached hydrogens (primary N) is 1. The molecule has 0 unspecified atom stereocenters. The van der Waals surface area contributed by atoms with Gasteiger partial charge in [0.25, 0.3) is 0 Å². The number of nitrogens with zero attached hydrogens (tertiary/aromatic N) is 2. The fraction of sp³-hybridized carbons (Fsp3) is 0.591. The third kappa shape index (κ3) is 5.66. The van der Waals surface area contributed by atoms with E-state index in [0.29, 0.717) is 12.3 Å². The Morgan fingerprint density at radius 2 is 1.75 bits per heavy atom. The zero-order chi connectivity index (χ0) is 23.3. The maximum Gasteiger partial charge on any atom is 0.243 e. The summed E-state index contributed by atoms with van der Waals surface area (Å²) in [5.41, 5.74) is 5.57. The van der Waals surface area contributed by atoms with Gasteiger partial charge in [-0.15, -0.1) is 0 Å². The molecule has 0 aromatic heterocycles. The highest BCUT2D eigenvalue weighted by molar-refractivity contribution is 7.89. The summed E-state index contributed by atoms with van der Waals surface area (Å²) in [5, 5.41) is 2.69. The maximum absolute atomic E-state index is 13.3. The summed E-state index contributed by atoms with van der Waals surface area (Å²) in [4.78, 5) is 38.8. The first kappa shape index (κ1) is 24.2. The normalized spacial score (nSPS) is 21.7. The number of carbonyl (C=O) groups is 3. The second-order valence-corrected chi connectivity index (χ2v) is 10.5. The molecule has 1 saturated carbocycles. The molecule has 9 nitrogen and oxygen atoms in total. The van der Waals surface area contributed by atoms with Crippen LogP contribution in [-0.2, 0) is 24.4 Å². The van der Waals surface area contributed by atoms with Crippen LogP contribution in [0.2, 0.25) is 0 Å². The molecule has 3 rings (SSSR count). The lowest BCUT2D eigenvalue weighted by Crippen LogP contribution is -2.62. The van der Waals surface area contributed by atoms with Crippen molar-refractivity contribution in [3.8, 4) is 0 Å². The molecule has 1 heterocycles. The molecule has 0 radical (unpaired) electrons. The number of primary amides is 1. The Labute approximate surface area is 189 Å². The number of sulfonamides is 1. The number of carbonyl (C=O) groups excluding carboxylic acids is 3. The predicted molar refractivity (Wildman–Crippen MR) is 119 cm³/mol. The Kier molecular flexibility index (Phi) is 7.89. The highest BCUT2D eigenvalue weighted by Crippen LogP contribution is 2.28. The van der Waals surface area contributed by atoms with Crippen molar-refractivity contribution in [2.24, 2.45) is 11.7 Å². The summed E-state index contributed by atoms with van der Waals surface area (Å²) >= 11 is 0. The molecule has 1 aliphatic carbocycles. The van der Waals surface area contributed by atoms with E-state index < -0.39 is 33.9 Å². The minimum Gasteiger partial charge on any atom is -0.368 e. The van der Waals surface area contributed by atoms with Crippen molar-refractivity contribution in [1.29, 1.82) is 0 Å². The SMILES string of the molecule is CC(=O)N1CCN(S(=O)(=O)c2ccccc2)[C@H](C(=O)N[C@@H](CC2CCCCC2)C(N)=O)C1. The average molecular weight is 465 g/mol. The van der Waals surface area contributed by atoms with E-state index in [1.165, 1.54) is 30.4 Å². The molecule has 32 heavy (non-hydrogen) atoms. The molecular formula is C22H32N4O5S. The van der Waals surface area contributed by atoms with Crippen molar-refractivity contribution in [1.82, 2.24) is 14.5 Å². The summed E-state index contributed by atoms with van der Waals surface area (Å²) in [6.45, 7) is 1.47. The van der Waals surface area contributed by atoms with Crippen molar-refractivity contribution in [3.05, 3.63) is 30.3 Å². The lowest BCUT2D eigenvalue weighted by atomic mass is 9.84. The van der Waals surface area contributed by atoms with Gasteiger partial charge in [0, 0.05) is 26.6 Å². The molecule has 0 spiro atoms. The molecule has 1 saturated heterocycles. The molecular weight excluding hydrogens is 432 g/mol. The highest BCUT2D eigenvalue weighted by atomic mass is 32.2. The fourth-order valence-corrected chi connectivity index (χ4v) is 6.14. The van der Waals surface area contributed by atoms with E-state index in [4.69, 9.17) is 5.73 Å². The average Bonchev–Trinajstić information content (AvgIpc) is 2.79. The number of amides is 3. The molecule has 176 valence electrons. The van der Waals surface area contributed by atoms with Crippen LogP contribution < -0.4 is 11.1 Å². The quantitative estimate of drug-likeness (QED) is 0.618. The maximum atomic E-state index is 13.3. The van der Waals surface area contributed by atoms with Crippen LogP contribution in [0.3, 0.4) is 0 Å². The zero-order valence-corrected chi connectivity index (χ0v) is 19.2. The van der Waals surface area contributed by atoms with Crippen molar-refractivity contribution < 1.29 is 22.8 Å². The molecule has 1 aromatic rings. The first-order valence-electron chi connectivity index (χ1n) is 11.1. The third-order valence-corrected chi connectivity index (χ3v) is 8.31. The van der Waals surface area contributed by atoms with Gasteiger partial charge in [-0.2, -0.15) is 4.31 Å². The zero-order valence-electron chi connectivity index (χ0n) is 18.4. The van der Waals surface area contributed by atoms with Gasteiger partial charge in [0.1, 0.15) is 12.1 Å². The van der Waals surface area contributed by atoms with Crippen LogP contribution in [0.4, 0.5) is 0 Å². The Balaban J connectivity index is 1.82. The van der Waals surface area contributed by atoms with Crippen molar-refractivity contribution >= 4 is 27.7 Å². The molecule has 1 aliphatic heterocycles. The van der Waals surface area contributed by atoms with Crippen molar-refractivity contribution in [3.63, 3.8) is 0 Å². The van der Waals surface area contributed by atoms with Gasteiger partial charge in [-0.3, -0.25) is 14.4 Å². The lowest BCUT2D eigenvalue weighted by molar-refractivity contribution is -0.136. The van der Waals surface area contributed by atoms with Gasteiger partial charge in [-0.05, 0) is 24.5 Å². The molecule has 2 fully saturated rings. The van der Waals surface area contributed by atoms with Crippen LogP contribution in [0.25, 0.3) is 0 Å². The number of benzene rings is 1. The van der Waals surface area contributed by atoms with E-state index >= 15 is 0 Å². The summed E-state index contributed by atoms with van der Waals surface area (Å²) in [7, 11) is -3.97. The van der Waals surface area contributed by atoms with E-state index in [0.717, 1.165) is 30.0 Å². The van der Waals surface area contributed by atoms with Crippen LogP contribution >= 0.6 is 0 Å². The number of hydrogen-bond donors (Lipinski definition) is 2. The topological polar surface area (TPSA) is 130 Å². The van der Waals surface area contributed by atoms with E-state index in [1.807, 2.05) is 0 Å². The van der Waals surface area contributed by atoms with Crippen molar-refractivity contribution in [2.45, 2.75) is 62.4 Å². The summed E-state index contributed by atoms with van der Waals surface area (Å²) in [5.74, 6) is -1.20. The predicted octanol–water partition coefficient (Wildman–Crippen LogP) is 0.849. The molecule has 2 aliphatic rings. The minimum atomic E-state index is -3.97. The molecule has 3 N–H and O–H groups in total. The van der Waals surface area contributed by atoms with E-state index in [-0.39, 0.29) is 30.4 Å². The van der Waals surface area contributed by atoms with Gasteiger partial charge in [-0.1, -0.05) is 50.3 Å². The van der Waals surface area contributed by atoms with E-state index in [2.05, 4.69) is 5.32 Å². The second-order valence-electron chi connectivity index (χ2n) is 8.61. The number of nitrogens with one attached hydrogen (secondary N) is 1. The van der Waals surface area contributed by atoms with Gasteiger partial charge < -0.3 is 16.0 Å². The number of hydrogen-bond acceptors (Lipinski definition) is 5. The summed E-state index contributed by atoms with van der Waals surface area (Å²) in [6.07, 6.45) is 5.74. The molecule has 3 amide bonds. The Bertz CT molecular complexity index is 931. The number of rotatable bonds is 7. The Morgan fingerprint density at radius 1 is 1.09 bits per heavy atom. The third-order valence-electron chi connectivity index (χ3n) is 6.38. The highest BCUT2D eigenvalue weighted by Gasteiger charge is 2.41. The van der Waals surface area contributed by atoms with E-state index in [9.17, 15) is 22.8 Å².